The van der Waals surface area contributed by atoms with Crippen molar-refractivity contribution < 1.29 is 0 Å². The lowest BCUT2D eigenvalue weighted by Gasteiger charge is -2.00. The highest BCUT2D eigenvalue weighted by Gasteiger charge is 2.16. The summed E-state index contributed by atoms with van der Waals surface area (Å²) >= 11 is 0. The molecular weight excluding hydrogens is 200 g/mol. The van der Waals surface area contributed by atoms with E-state index in [4.69, 9.17) is 5.26 Å². The number of nitrogens with one attached hydrogen (secondary N) is 1. The van der Waals surface area contributed by atoms with Gasteiger partial charge in [-0.2, -0.15) is 10.4 Å². The van der Waals surface area contributed by atoms with Crippen LogP contribution in [0, 0.1) is 11.3 Å². The Hall–Kier alpha value is -2.15. The summed E-state index contributed by atoms with van der Waals surface area (Å²) in [7, 11) is 0. The van der Waals surface area contributed by atoms with Gasteiger partial charge >= 0.3 is 0 Å². The van der Waals surface area contributed by atoms with Crippen LogP contribution in [0.3, 0.4) is 0 Å². The number of aromatic nitrogens is 3. The lowest BCUT2D eigenvalue weighted by atomic mass is 10.0. The Morgan fingerprint density at radius 3 is 2.81 bits per heavy atom. The maximum Gasteiger partial charge on any atom is 0.112 e. The molecule has 0 saturated heterocycles. The van der Waals surface area contributed by atoms with Gasteiger partial charge in [0, 0.05) is 18.0 Å². The molecule has 0 aliphatic rings. The third-order valence-electron chi connectivity index (χ3n) is 2.42. The molecule has 1 N–H and O–H groups in total. The van der Waals surface area contributed by atoms with Crippen molar-refractivity contribution in [2.24, 2.45) is 0 Å². The van der Waals surface area contributed by atoms with Crippen LogP contribution in [0.1, 0.15) is 31.0 Å². The first-order chi connectivity index (χ1) is 7.74. The Bertz CT molecular complexity index is 520. The molecule has 0 aliphatic heterocycles. The van der Waals surface area contributed by atoms with Crippen molar-refractivity contribution in [3.05, 3.63) is 35.8 Å². The van der Waals surface area contributed by atoms with E-state index in [2.05, 4.69) is 21.3 Å². The van der Waals surface area contributed by atoms with Crippen LogP contribution in [0.15, 0.2) is 24.5 Å². The molecule has 2 rings (SSSR count). The van der Waals surface area contributed by atoms with Gasteiger partial charge in [0.15, 0.2) is 0 Å². The lowest BCUT2D eigenvalue weighted by molar-refractivity contribution is 0.808. The van der Waals surface area contributed by atoms with E-state index in [1.807, 2.05) is 26.0 Å². The number of aromatic amines is 1. The third-order valence-corrected chi connectivity index (χ3v) is 2.42. The molecule has 0 unspecified atom stereocenters. The molecule has 0 spiro atoms. The number of hydrogen-bond donors (Lipinski definition) is 1. The summed E-state index contributed by atoms with van der Waals surface area (Å²) in [5.41, 5.74) is 3.03. The smallest absolute Gasteiger partial charge is 0.112 e. The van der Waals surface area contributed by atoms with Gasteiger partial charge in [-0.1, -0.05) is 13.8 Å². The Morgan fingerprint density at radius 2 is 2.25 bits per heavy atom. The number of hydrogen-bond acceptors (Lipinski definition) is 3. The molecule has 0 bridgehead atoms. The molecule has 0 aromatic carbocycles. The normalized spacial score (nSPS) is 10.4. The number of nitriles is 1. The standard InChI is InChI=1S/C12H12N4/c1-8(2)11-10(6-13)12(16-15-11)9-4-3-5-14-7-9/h3-5,7-8H,1-2H3,(H,15,16). The molecule has 2 aromatic rings. The number of rotatable bonds is 2. The predicted molar refractivity (Wildman–Crippen MR) is 60.6 cm³/mol. The van der Waals surface area contributed by atoms with E-state index >= 15 is 0 Å². The van der Waals surface area contributed by atoms with E-state index in [0.29, 0.717) is 11.3 Å². The number of nitrogens with zero attached hydrogens (tertiary/aromatic N) is 3. The van der Waals surface area contributed by atoms with Gasteiger partial charge < -0.3 is 0 Å². The largest absolute Gasteiger partial charge is 0.280 e. The van der Waals surface area contributed by atoms with Crippen LogP contribution >= 0.6 is 0 Å². The summed E-state index contributed by atoms with van der Waals surface area (Å²) in [6, 6.07) is 5.93. The molecule has 0 aliphatic carbocycles. The van der Waals surface area contributed by atoms with Gasteiger partial charge in [-0.25, -0.2) is 0 Å². The topological polar surface area (TPSA) is 65.4 Å². The molecule has 0 saturated carbocycles. The van der Waals surface area contributed by atoms with E-state index in [1.54, 1.807) is 12.4 Å². The second kappa shape index (κ2) is 4.15. The first-order valence-corrected chi connectivity index (χ1v) is 5.12. The van der Waals surface area contributed by atoms with Gasteiger partial charge in [0.1, 0.15) is 17.3 Å². The molecule has 2 aromatic heterocycles. The molecule has 4 nitrogen and oxygen atoms in total. The summed E-state index contributed by atoms with van der Waals surface area (Å²) < 4.78 is 0. The van der Waals surface area contributed by atoms with Crippen LogP contribution in [-0.4, -0.2) is 15.2 Å². The van der Waals surface area contributed by atoms with Gasteiger partial charge in [-0.05, 0) is 18.1 Å². The highest BCUT2D eigenvalue weighted by atomic mass is 15.1. The lowest BCUT2D eigenvalue weighted by Crippen LogP contribution is -1.91. The van der Waals surface area contributed by atoms with Gasteiger partial charge in [0.25, 0.3) is 0 Å². The van der Waals surface area contributed by atoms with Crippen LogP contribution in [0.4, 0.5) is 0 Å². The Morgan fingerprint density at radius 1 is 1.44 bits per heavy atom. The maximum atomic E-state index is 9.17. The second-order valence-electron chi connectivity index (χ2n) is 3.87. The van der Waals surface area contributed by atoms with Gasteiger partial charge in [0.05, 0.1) is 5.69 Å². The second-order valence-corrected chi connectivity index (χ2v) is 3.87. The third kappa shape index (κ3) is 1.68. The first kappa shape index (κ1) is 10.4. The number of pyridine rings is 1. The van der Waals surface area contributed by atoms with Crippen molar-refractivity contribution in [2.75, 3.05) is 0 Å². The molecule has 16 heavy (non-hydrogen) atoms. The molecule has 0 amide bonds. The van der Waals surface area contributed by atoms with Gasteiger partial charge in [0.2, 0.25) is 0 Å². The van der Waals surface area contributed by atoms with Crippen molar-refractivity contribution in [2.45, 2.75) is 19.8 Å². The van der Waals surface area contributed by atoms with Crippen molar-refractivity contribution >= 4 is 0 Å². The van der Waals surface area contributed by atoms with Crippen LogP contribution < -0.4 is 0 Å². The SMILES string of the molecule is CC(C)c1[nH]nc(-c2cccnc2)c1C#N. The van der Waals surface area contributed by atoms with E-state index < -0.39 is 0 Å². The quantitative estimate of drug-likeness (QED) is 0.831. The molecule has 0 atom stereocenters. The average molecular weight is 212 g/mol. The minimum atomic E-state index is 0.257. The zero-order chi connectivity index (χ0) is 11.5. The Balaban J connectivity index is 2.56. The van der Waals surface area contributed by atoms with Gasteiger partial charge in [-0.15, -0.1) is 0 Å². The van der Waals surface area contributed by atoms with Gasteiger partial charge in [-0.3, -0.25) is 10.1 Å². The maximum absolute atomic E-state index is 9.17. The van der Waals surface area contributed by atoms with Crippen molar-refractivity contribution in [3.8, 4) is 17.3 Å². The molecular formula is C12H12N4. The monoisotopic (exact) mass is 212 g/mol. The minimum absolute atomic E-state index is 0.257. The Labute approximate surface area is 94.0 Å². The van der Waals surface area contributed by atoms with Crippen LogP contribution in [0.5, 0.6) is 0 Å². The van der Waals surface area contributed by atoms with E-state index in [0.717, 1.165) is 11.3 Å². The summed E-state index contributed by atoms with van der Waals surface area (Å²) in [5, 5.41) is 16.3. The molecule has 2 heterocycles. The fourth-order valence-electron chi connectivity index (χ4n) is 1.60. The minimum Gasteiger partial charge on any atom is -0.280 e. The fourth-order valence-corrected chi connectivity index (χ4v) is 1.60. The summed E-state index contributed by atoms with van der Waals surface area (Å²) in [6.45, 7) is 4.06. The van der Waals surface area contributed by atoms with E-state index in [1.165, 1.54) is 0 Å². The summed E-state index contributed by atoms with van der Waals surface area (Å²) in [6.07, 6.45) is 3.41. The molecule has 0 radical (unpaired) electrons. The van der Waals surface area contributed by atoms with Crippen molar-refractivity contribution in [1.82, 2.24) is 15.2 Å². The molecule has 0 fully saturated rings. The highest BCUT2D eigenvalue weighted by molar-refractivity contribution is 5.67. The fraction of sp³-hybridized carbons (Fsp3) is 0.250. The van der Waals surface area contributed by atoms with Crippen molar-refractivity contribution in [3.63, 3.8) is 0 Å². The van der Waals surface area contributed by atoms with Crippen LogP contribution in [0.25, 0.3) is 11.3 Å². The molecule has 4 heteroatoms. The van der Waals surface area contributed by atoms with Crippen molar-refractivity contribution in [1.29, 1.82) is 5.26 Å². The summed E-state index contributed by atoms with van der Waals surface area (Å²) in [5.74, 6) is 0.257. The zero-order valence-corrected chi connectivity index (χ0v) is 9.23. The van der Waals surface area contributed by atoms with Crippen LogP contribution in [-0.2, 0) is 0 Å². The highest BCUT2D eigenvalue weighted by Crippen LogP contribution is 2.26. The van der Waals surface area contributed by atoms with E-state index in [9.17, 15) is 0 Å². The van der Waals surface area contributed by atoms with Crippen LogP contribution in [0.2, 0.25) is 0 Å². The summed E-state index contributed by atoms with van der Waals surface area (Å²) in [4.78, 5) is 4.03. The predicted octanol–water partition coefficient (Wildman–Crippen LogP) is 2.47. The average Bonchev–Trinajstić information content (AvgIpc) is 2.73. The first-order valence-electron chi connectivity index (χ1n) is 5.12. The molecule has 80 valence electrons. The zero-order valence-electron chi connectivity index (χ0n) is 9.23. The van der Waals surface area contributed by atoms with E-state index in [-0.39, 0.29) is 5.92 Å². The number of H-pyrrole nitrogens is 1. The Kier molecular flexibility index (Phi) is 2.69.